The van der Waals surface area contributed by atoms with E-state index < -0.39 is 0 Å². The van der Waals surface area contributed by atoms with E-state index in [4.69, 9.17) is 0 Å². The summed E-state index contributed by atoms with van der Waals surface area (Å²) < 4.78 is 1.91. The second-order valence-electron chi connectivity index (χ2n) is 5.59. The average molecular weight is 285 g/mol. The van der Waals surface area contributed by atoms with Crippen LogP contribution in [0.15, 0.2) is 42.7 Å². The van der Waals surface area contributed by atoms with E-state index >= 15 is 0 Å². The molecule has 0 saturated carbocycles. The lowest BCUT2D eigenvalue weighted by molar-refractivity contribution is -0.116. The van der Waals surface area contributed by atoms with E-state index in [0.29, 0.717) is 12.6 Å². The summed E-state index contributed by atoms with van der Waals surface area (Å²) in [7, 11) is 0. The standard InChI is InChI=1S/C17H23N3O/c1-13(2)18-10-15-8-9-20(11-15)12-17(21)19-16-7-5-4-6-14(16)3/h4-9,11,13,18H,10,12H2,1-3H3,(H,19,21). The van der Waals surface area contributed by atoms with Gasteiger partial charge in [-0.05, 0) is 30.2 Å². The van der Waals surface area contributed by atoms with Gasteiger partial charge in [-0.15, -0.1) is 0 Å². The van der Waals surface area contributed by atoms with Crippen molar-refractivity contribution < 1.29 is 4.79 Å². The van der Waals surface area contributed by atoms with E-state index in [-0.39, 0.29) is 5.91 Å². The van der Waals surface area contributed by atoms with Crippen molar-refractivity contribution in [3.63, 3.8) is 0 Å². The summed E-state index contributed by atoms with van der Waals surface area (Å²) in [5.74, 6) is -0.0109. The Labute approximate surface area is 126 Å². The van der Waals surface area contributed by atoms with Crippen LogP contribution in [-0.2, 0) is 17.9 Å². The highest BCUT2D eigenvalue weighted by Crippen LogP contribution is 2.13. The van der Waals surface area contributed by atoms with Crippen LogP contribution < -0.4 is 10.6 Å². The van der Waals surface area contributed by atoms with Crippen molar-refractivity contribution in [1.29, 1.82) is 0 Å². The van der Waals surface area contributed by atoms with Crippen molar-refractivity contribution in [3.05, 3.63) is 53.9 Å². The van der Waals surface area contributed by atoms with Gasteiger partial charge in [0.05, 0.1) is 0 Å². The minimum atomic E-state index is -0.0109. The van der Waals surface area contributed by atoms with Crippen LogP contribution in [0, 0.1) is 6.92 Å². The van der Waals surface area contributed by atoms with Gasteiger partial charge >= 0.3 is 0 Å². The second-order valence-corrected chi connectivity index (χ2v) is 5.59. The van der Waals surface area contributed by atoms with E-state index in [0.717, 1.165) is 17.8 Å². The van der Waals surface area contributed by atoms with Gasteiger partial charge in [-0.25, -0.2) is 0 Å². The summed E-state index contributed by atoms with van der Waals surface area (Å²) in [5.41, 5.74) is 3.13. The first kappa shape index (κ1) is 15.3. The smallest absolute Gasteiger partial charge is 0.244 e. The molecule has 0 spiro atoms. The highest BCUT2D eigenvalue weighted by Gasteiger charge is 2.06. The number of hydrogen-bond donors (Lipinski definition) is 2. The number of benzene rings is 1. The molecule has 0 saturated heterocycles. The fourth-order valence-electron chi connectivity index (χ4n) is 2.08. The maximum absolute atomic E-state index is 12.1. The van der Waals surface area contributed by atoms with E-state index in [1.807, 2.05) is 54.2 Å². The number of hydrogen-bond acceptors (Lipinski definition) is 2. The molecule has 0 fully saturated rings. The number of nitrogens with zero attached hydrogens (tertiary/aromatic N) is 1. The number of rotatable bonds is 6. The Morgan fingerprint density at radius 1 is 1.24 bits per heavy atom. The van der Waals surface area contributed by atoms with Crippen molar-refractivity contribution in [2.45, 2.75) is 39.9 Å². The minimum absolute atomic E-state index is 0.0109. The third-order valence-electron chi connectivity index (χ3n) is 3.27. The molecule has 21 heavy (non-hydrogen) atoms. The summed E-state index contributed by atoms with van der Waals surface area (Å²) in [6.45, 7) is 7.38. The van der Waals surface area contributed by atoms with Crippen LogP contribution in [0.5, 0.6) is 0 Å². The molecule has 1 aromatic heterocycles. The summed E-state index contributed by atoms with van der Waals surface area (Å²) in [4.78, 5) is 12.1. The van der Waals surface area contributed by atoms with Crippen molar-refractivity contribution >= 4 is 11.6 Å². The van der Waals surface area contributed by atoms with Gasteiger partial charge in [0.25, 0.3) is 0 Å². The van der Waals surface area contributed by atoms with Gasteiger partial charge in [-0.2, -0.15) is 0 Å². The molecule has 4 heteroatoms. The Morgan fingerprint density at radius 3 is 2.71 bits per heavy atom. The zero-order chi connectivity index (χ0) is 15.2. The third kappa shape index (κ3) is 4.76. The molecule has 4 nitrogen and oxygen atoms in total. The van der Waals surface area contributed by atoms with Gasteiger partial charge in [0, 0.05) is 30.7 Å². The van der Waals surface area contributed by atoms with E-state index in [2.05, 4.69) is 24.5 Å². The average Bonchev–Trinajstić information content (AvgIpc) is 2.86. The van der Waals surface area contributed by atoms with Crippen LogP contribution >= 0.6 is 0 Å². The quantitative estimate of drug-likeness (QED) is 0.857. The lowest BCUT2D eigenvalue weighted by Gasteiger charge is -2.09. The Kier molecular flexibility index (Phi) is 5.17. The molecule has 112 valence electrons. The topological polar surface area (TPSA) is 46.1 Å². The number of carbonyl (C=O) groups excluding carboxylic acids is 1. The molecule has 1 heterocycles. The number of nitrogens with one attached hydrogen (secondary N) is 2. The van der Waals surface area contributed by atoms with Gasteiger partial charge in [0.15, 0.2) is 0 Å². The second kappa shape index (κ2) is 7.09. The summed E-state index contributed by atoms with van der Waals surface area (Å²) in [5, 5.41) is 6.30. The Bertz CT molecular complexity index is 602. The van der Waals surface area contributed by atoms with Crippen LogP contribution in [0.3, 0.4) is 0 Å². The van der Waals surface area contributed by atoms with E-state index in [1.165, 1.54) is 5.56 Å². The van der Waals surface area contributed by atoms with Crippen LogP contribution in [-0.4, -0.2) is 16.5 Å². The first-order valence-electron chi connectivity index (χ1n) is 7.28. The Hall–Kier alpha value is -2.07. The first-order valence-corrected chi connectivity index (χ1v) is 7.28. The fourth-order valence-corrected chi connectivity index (χ4v) is 2.08. The molecule has 2 N–H and O–H groups in total. The van der Waals surface area contributed by atoms with Crippen LogP contribution in [0.2, 0.25) is 0 Å². The first-order chi connectivity index (χ1) is 10.0. The van der Waals surface area contributed by atoms with Gasteiger partial charge in [0.1, 0.15) is 6.54 Å². The number of amides is 1. The zero-order valence-corrected chi connectivity index (χ0v) is 12.9. The molecule has 0 aliphatic heterocycles. The zero-order valence-electron chi connectivity index (χ0n) is 12.9. The molecule has 0 aliphatic rings. The molecule has 1 aromatic carbocycles. The van der Waals surface area contributed by atoms with Gasteiger partial charge in [0.2, 0.25) is 5.91 Å². The molecule has 0 radical (unpaired) electrons. The van der Waals surface area contributed by atoms with Crippen LogP contribution in [0.4, 0.5) is 5.69 Å². The number of aryl methyl sites for hydroxylation is 1. The van der Waals surface area contributed by atoms with Crippen molar-refractivity contribution in [1.82, 2.24) is 9.88 Å². The molecule has 1 amide bonds. The summed E-state index contributed by atoms with van der Waals surface area (Å²) >= 11 is 0. The molecule has 2 rings (SSSR count). The van der Waals surface area contributed by atoms with E-state index in [9.17, 15) is 4.79 Å². The van der Waals surface area contributed by atoms with Crippen molar-refractivity contribution in [2.24, 2.45) is 0 Å². The summed E-state index contributed by atoms with van der Waals surface area (Å²) in [6.07, 6.45) is 3.95. The van der Waals surface area contributed by atoms with Crippen molar-refractivity contribution in [3.8, 4) is 0 Å². The molecule has 0 aliphatic carbocycles. The summed E-state index contributed by atoms with van der Waals surface area (Å²) in [6, 6.07) is 10.3. The Balaban J connectivity index is 1.90. The predicted molar refractivity (Wildman–Crippen MR) is 86.2 cm³/mol. The SMILES string of the molecule is Cc1ccccc1NC(=O)Cn1ccc(CNC(C)C)c1. The normalized spacial score (nSPS) is 10.9. The minimum Gasteiger partial charge on any atom is -0.345 e. The fraction of sp³-hybridized carbons (Fsp3) is 0.353. The predicted octanol–water partition coefficient (Wildman–Crippen LogP) is 2.93. The monoisotopic (exact) mass is 285 g/mol. The molecule has 2 aromatic rings. The lowest BCUT2D eigenvalue weighted by Crippen LogP contribution is -2.21. The van der Waals surface area contributed by atoms with Gasteiger partial charge < -0.3 is 15.2 Å². The number of aromatic nitrogens is 1. The van der Waals surface area contributed by atoms with Crippen LogP contribution in [0.1, 0.15) is 25.0 Å². The number of anilines is 1. The van der Waals surface area contributed by atoms with Crippen molar-refractivity contribution in [2.75, 3.05) is 5.32 Å². The number of carbonyl (C=O) groups is 1. The highest BCUT2D eigenvalue weighted by atomic mass is 16.1. The highest BCUT2D eigenvalue weighted by molar-refractivity contribution is 5.91. The van der Waals surface area contributed by atoms with Crippen LogP contribution in [0.25, 0.3) is 0 Å². The number of para-hydroxylation sites is 1. The third-order valence-corrected chi connectivity index (χ3v) is 3.27. The Morgan fingerprint density at radius 2 is 2.00 bits per heavy atom. The van der Waals surface area contributed by atoms with Gasteiger partial charge in [-0.3, -0.25) is 4.79 Å². The van der Waals surface area contributed by atoms with E-state index in [1.54, 1.807) is 0 Å². The molecular weight excluding hydrogens is 262 g/mol. The molecular formula is C17H23N3O. The lowest BCUT2D eigenvalue weighted by atomic mass is 10.2. The molecule has 0 bridgehead atoms. The maximum Gasteiger partial charge on any atom is 0.244 e. The molecule has 0 atom stereocenters. The van der Waals surface area contributed by atoms with Gasteiger partial charge in [-0.1, -0.05) is 32.0 Å². The maximum atomic E-state index is 12.1. The largest absolute Gasteiger partial charge is 0.345 e. The molecule has 0 unspecified atom stereocenters.